The standard InChI is InChI=1S/C26H44N2O3S/c1-3-4-5-6-7-8-9-10-11-12-16-19-25(29)28(22-17-14-13-15-18-22)20-24-27-23(21-32-24)26(30)31-2/h21-22H,3-20H2,1-2H3. The van der Waals surface area contributed by atoms with Gasteiger partial charge < -0.3 is 9.64 Å². The second-order valence-electron chi connectivity index (χ2n) is 9.22. The SMILES string of the molecule is CCCCCCCCCCCCCC(=O)N(Cc1nc(C(=O)OC)cs1)C1CCCCC1. The molecule has 1 fully saturated rings. The van der Waals surface area contributed by atoms with Crippen molar-refractivity contribution in [1.82, 2.24) is 9.88 Å². The molecule has 0 unspecified atom stereocenters. The van der Waals surface area contributed by atoms with Crippen molar-refractivity contribution >= 4 is 23.2 Å². The number of methoxy groups -OCH3 is 1. The maximum Gasteiger partial charge on any atom is 0.357 e. The van der Waals surface area contributed by atoms with E-state index in [1.54, 1.807) is 5.38 Å². The minimum atomic E-state index is -0.413. The molecule has 1 aromatic heterocycles. The van der Waals surface area contributed by atoms with Crippen molar-refractivity contribution in [2.24, 2.45) is 0 Å². The Labute approximate surface area is 199 Å². The molecule has 0 atom stereocenters. The van der Waals surface area contributed by atoms with Gasteiger partial charge in [-0.1, -0.05) is 90.4 Å². The second kappa shape index (κ2) is 16.2. The highest BCUT2D eigenvalue weighted by Crippen LogP contribution is 2.26. The van der Waals surface area contributed by atoms with E-state index in [-0.39, 0.29) is 5.91 Å². The van der Waals surface area contributed by atoms with Crippen molar-refractivity contribution in [3.8, 4) is 0 Å². The molecule has 0 aliphatic heterocycles. The third-order valence-corrected chi connectivity index (χ3v) is 7.42. The number of hydrogen-bond donors (Lipinski definition) is 0. The average molecular weight is 465 g/mol. The number of ether oxygens (including phenoxy) is 1. The first-order chi connectivity index (χ1) is 15.7. The molecule has 0 spiro atoms. The number of amides is 1. The quantitative estimate of drug-likeness (QED) is 0.190. The number of rotatable bonds is 16. The molecule has 0 N–H and O–H groups in total. The van der Waals surface area contributed by atoms with Crippen LogP contribution >= 0.6 is 11.3 Å². The zero-order valence-electron chi connectivity index (χ0n) is 20.4. The Morgan fingerprint density at radius 1 is 0.969 bits per heavy atom. The minimum Gasteiger partial charge on any atom is -0.464 e. The topological polar surface area (TPSA) is 59.5 Å². The molecule has 0 bridgehead atoms. The third-order valence-electron chi connectivity index (χ3n) is 6.58. The number of nitrogens with zero attached hydrogens (tertiary/aromatic N) is 2. The number of unbranched alkanes of at least 4 members (excludes halogenated alkanes) is 10. The van der Waals surface area contributed by atoms with Gasteiger partial charge in [-0.15, -0.1) is 11.3 Å². The van der Waals surface area contributed by atoms with Crippen LogP contribution in [0.3, 0.4) is 0 Å². The highest BCUT2D eigenvalue weighted by molar-refractivity contribution is 7.09. The fourth-order valence-electron chi connectivity index (χ4n) is 4.63. The van der Waals surface area contributed by atoms with E-state index in [4.69, 9.17) is 4.74 Å². The molecule has 0 saturated heterocycles. The number of aromatic nitrogens is 1. The summed E-state index contributed by atoms with van der Waals surface area (Å²) in [6.07, 6.45) is 20.6. The summed E-state index contributed by atoms with van der Waals surface area (Å²) in [5.74, 6) is -0.161. The van der Waals surface area contributed by atoms with E-state index in [0.29, 0.717) is 24.7 Å². The number of thiazole rings is 1. The maximum absolute atomic E-state index is 13.1. The van der Waals surface area contributed by atoms with Crippen molar-refractivity contribution in [3.05, 3.63) is 16.1 Å². The molecular formula is C26H44N2O3S. The van der Waals surface area contributed by atoms with Gasteiger partial charge >= 0.3 is 5.97 Å². The predicted molar refractivity (Wildman–Crippen MR) is 132 cm³/mol. The molecule has 1 heterocycles. The van der Waals surface area contributed by atoms with Crippen molar-refractivity contribution in [2.45, 2.75) is 129 Å². The number of carbonyl (C=O) groups is 2. The largest absolute Gasteiger partial charge is 0.464 e. The summed E-state index contributed by atoms with van der Waals surface area (Å²) in [5.41, 5.74) is 0.342. The lowest BCUT2D eigenvalue weighted by molar-refractivity contribution is -0.135. The molecule has 1 saturated carbocycles. The van der Waals surface area contributed by atoms with Crippen molar-refractivity contribution in [1.29, 1.82) is 0 Å². The lowest BCUT2D eigenvalue weighted by Gasteiger charge is -2.34. The summed E-state index contributed by atoms with van der Waals surface area (Å²) in [6.45, 7) is 2.78. The Kier molecular flexibility index (Phi) is 13.6. The Bertz CT molecular complexity index is 655. The third kappa shape index (κ3) is 10.0. The zero-order chi connectivity index (χ0) is 23.0. The van der Waals surface area contributed by atoms with Crippen LogP contribution in [0.15, 0.2) is 5.38 Å². The highest BCUT2D eigenvalue weighted by Gasteiger charge is 2.26. The molecule has 1 amide bonds. The van der Waals surface area contributed by atoms with Gasteiger partial charge in [0.1, 0.15) is 5.01 Å². The average Bonchev–Trinajstić information content (AvgIpc) is 3.29. The molecule has 32 heavy (non-hydrogen) atoms. The molecule has 2 rings (SSSR count). The molecular weight excluding hydrogens is 420 g/mol. The second-order valence-corrected chi connectivity index (χ2v) is 10.2. The van der Waals surface area contributed by atoms with E-state index >= 15 is 0 Å². The van der Waals surface area contributed by atoms with Crippen LogP contribution in [0, 0.1) is 0 Å². The summed E-state index contributed by atoms with van der Waals surface area (Å²) in [6, 6.07) is 0.314. The lowest BCUT2D eigenvalue weighted by Crippen LogP contribution is -2.40. The minimum absolute atomic E-state index is 0.252. The van der Waals surface area contributed by atoms with Crippen LogP contribution in [-0.4, -0.2) is 34.9 Å². The predicted octanol–water partition coefficient (Wildman–Crippen LogP) is 7.29. The number of hydrogen-bond acceptors (Lipinski definition) is 5. The summed E-state index contributed by atoms with van der Waals surface area (Å²) in [5, 5.41) is 2.55. The zero-order valence-corrected chi connectivity index (χ0v) is 21.2. The van der Waals surface area contributed by atoms with Crippen molar-refractivity contribution < 1.29 is 14.3 Å². The molecule has 0 aromatic carbocycles. The van der Waals surface area contributed by atoms with E-state index in [1.807, 2.05) is 0 Å². The first kappa shape index (κ1) is 26.8. The number of esters is 1. The first-order valence-electron chi connectivity index (χ1n) is 13.0. The summed E-state index contributed by atoms with van der Waals surface area (Å²) in [4.78, 5) is 31.3. The molecule has 0 radical (unpaired) electrons. The van der Waals surface area contributed by atoms with Gasteiger partial charge in [-0.05, 0) is 19.3 Å². The van der Waals surface area contributed by atoms with E-state index in [0.717, 1.165) is 30.7 Å². The normalized spacial score (nSPS) is 14.4. The Hall–Kier alpha value is -1.43. The van der Waals surface area contributed by atoms with Gasteiger partial charge in [0.2, 0.25) is 5.91 Å². The number of carbonyl (C=O) groups excluding carboxylic acids is 2. The van der Waals surface area contributed by atoms with Crippen LogP contribution in [0.1, 0.15) is 132 Å². The fourth-order valence-corrected chi connectivity index (χ4v) is 5.39. The first-order valence-corrected chi connectivity index (χ1v) is 13.9. The van der Waals surface area contributed by atoms with Gasteiger partial charge in [0.25, 0.3) is 0 Å². The fraction of sp³-hybridized carbons (Fsp3) is 0.808. The molecule has 1 aliphatic rings. The van der Waals surface area contributed by atoms with Crippen LogP contribution < -0.4 is 0 Å². The Balaban J connectivity index is 1.72. The van der Waals surface area contributed by atoms with Gasteiger partial charge in [0.05, 0.1) is 13.7 Å². The smallest absolute Gasteiger partial charge is 0.357 e. The van der Waals surface area contributed by atoms with Crippen LogP contribution in [0.4, 0.5) is 0 Å². The van der Waals surface area contributed by atoms with Gasteiger partial charge in [-0.25, -0.2) is 9.78 Å². The van der Waals surface area contributed by atoms with Gasteiger partial charge in [-0.2, -0.15) is 0 Å². The van der Waals surface area contributed by atoms with Crippen LogP contribution in [0.5, 0.6) is 0 Å². The molecule has 6 heteroatoms. The van der Waals surface area contributed by atoms with E-state index < -0.39 is 5.97 Å². The molecule has 1 aliphatic carbocycles. The van der Waals surface area contributed by atoms with Crippen LogP contribution in [0.2, 0.25) is 0 Å². The summed E-state index contributed by atoms with van der Waals surface area (Å²) >= 11 is 1.44. The van der Waals surface area contributed by atoms with Crippen molar-refractivity contribution in [3.63, 3.8) is 0 Å². The Morgan fingerprint density at radius 2 is 1.56 bits per heavy atom. The van der Waals surface area contributed by atoms with Gasteiger partial charge in [0, 0.05) is 17.8 Å². The monoisotopic (exact) mass is 464 g/mol. The molecule has 182 valence electrons. The molecule has 1 aromatic rings. The van der Waals surface area contributed by atoms with E-state index in [1.165, 1.54) is 95.5 Å². The summed E-state index contributed by atoms with van der Waals surface area (Å²) < 4.78 is 4.77. The lowest BCUT2D eigenvalue weighted by atomic mass is 9.93. The van der Waals surface area contributed by atoms with E-state index in [9.17, 15) is 9.59 Å². The van der Waals surface area contributed by atoms with Gasteiger partial charge in [-0.3, -0.25) is 4.79 Å². The Morgan fingerprint density at radius 3 is 2.16 bits per heavy atom. The maximum atomic E-state index is 13.1. The van der Waals surface area contributed by atoms with Gasteiger partial charge in [0.15, 0.2) is 5.69 Å². The highest BCUT2D eigenvalue weighted by atomic mass is 32.1. The van der Waals surface area contributed by atoms with Crippen molar-refractivity contribution in [2.75, 3.05) is 7.11 Å². The van der Waals surface area contributed by atoms with Crippen LogP contribution in [0.25, 0.3) is 0 Å². The van der Waals surface area contributed by atoms with E-state index in [2.05, 4.69) is 16.8 Å². The summed E-state index contributed by atoms with van der Waals surface area (Å²) in [7, 11) is 1.37. The van der Waals surface area contributed by atoms with Crippen LogP contribution in [-0.2, 0) is 16.1 Å². The molecule has 5 nitrogen and oxygen atoms in total.